The van der Waals surface area contributed by atoms with E-state index in [1.165, 1.54) is 0 Å². The average Bonchev–Trinajstić information content (AvgIpc) is 2.40. The quantitative estimate of drug-likeness (QED) is 0.817. The van der Waals surface area contributed by atoms with Gasteiger partial charge in [0.15, 0.2) is 11.5 Å². The highest BCUT2D eigenvalue weighted by atomic mass is 16.5. The maximum atomic E-state index is 10.8. The number of hydrogen-bond donors (Lipinski definition) is 1. The van der Waals surface area contributed by atoms with Crippen LogP contribution in [0.2, 0.25) is 0 Å². The maximum absolute atomic E-state index is 10.8. The highest BCUT2D eigenvalue weighted by molar-refractivity contribution is 5.44. The van der Waals surface area contributed by atoms with Crippen molar-refractivity contribution in [3.05, 3.63) is 23.8 Å². The number of rotatable bonds is 7. The largest absolute Gasteiger partial charge is 0.490 e. The molecule has 0 radical (unpaired) electrons. The summed E-state index contributed by atoms with van der Waals surface area (Å²) < 4.78 is 11.2. The van der Waals surface area contributed by atoms with E-state index in [1.54, 1.807) is 0 Å². The summed E-state index contributed by atoms with van der Waals surface area (Å²) in [5, 5.41) is 10.8. The van der Waals surface area contributed by atoms with Crippen LogP contribution in [0.4, 0.5) is 0 Å². The number of aliphatic hydroxyl groups is 1. The number of hydrogen-bond acceptors (Lipinski definition) is 3. The van der Waals surface area contributed by atoms with Gasteiger partial charge in [-0.15, -0.1) is 0 Å². The fourth-order valence-corrected chi connectivity index (χ4v) is 2.27. The fourth-order valence-electron chi connectivity index (χ4n) is 2.27. The van der Waals surface area contributed by atoms with Crippen molar-refractivity contribution in [3.8, 4) is 11.5 Å². The van der Waals surface area contributed by atoms with Gasteiger partial charge < -0.3 is 14.6 Å². The molecule has 0 aliphatic carbocycles. The molecule has 0 bridgehead atoms. The van der Waals surface area contributed by atoms with Crippen molar-refractivity contribution >= 4 is 0 Å². The summed E-state index contributed by atoms with van der Waals surface area (Å²) in [6.45, 7) is 11.1. The predicted octanol–water partition coefficient (Wildman–Crippen LogP) is 3.74. The van der Waals surface area contributed by atoms with Gasteiger partial charge in [-0.2, -0.15) is 0 Å². The molecule has 0 aliphatic rings. The Kier molecular flexibility index (Phi) is 5.67. The van der Waals surface area contributed by atoms with Crippen molar-refractivity contribution in [2.45, 2.75) is 46.6 Å². The van der Waals surface area contributed by atoms with Crippen LogP contribution in [0.25, 0.3) is 0 Å². The molecule has 1 rings (SSSR count). The molecule has 0 aliphatic heterocycles. The van der Waals surface area contributed by atoms with Gasteiger partial charge >= 0.3 is 0 Å². The van der Waals surface area contributed by atoms with Gasteiger partial charge in [-0.1, -0.05) is 26.8 Å². The minimum absolute atomic E-state index is 0.143. The first-order valence-corrected chi connectivity index (χ1v) is 7.12. The summed E-state index contributed by atoms with van der Waals surface area (Å²) in [4.78, 5) is 0. The maximum Gasteiger partial charge on any atom is 0.161 e. The van der Waals surface area contributed by atoms with Crippen LogP contribution in [-0.2, 0) is 5.60 Å². The molecule has 3 heteroatoms. The third-order valence-electron chi connectivity index (χ3n) is 3.54. The lowest BCUT2D eigenvalue weighted by molar-refractivity contribution is -0.0142. The van der Waals surface area contributed by atoms with Crippen LogP contribution in [0.15, 0.2) is 18.2 Å². The van der Waals surface area contributed by atoms with Crippen molar-refractivity contribution in [2.75, 3.05) is 13.2 Å². The summed E-state index contributed by atoms with van der Waals surface area (Å²) in [6.07, 6.45) is 0.671. The second-order valence-electron chi connectivity index (χ2n) is 4.96. The lowest BCUT2D eigenvalue weighted by Crippen LogP contribution is -2.31. The Labute approximate surface area is 116 Å². The SMILES string of the molecule is CCOc1ccc(C(O)(CC)C(C)C)cc1OCC. The van der Waals surface area contributed by atoms with E-state index in [9.17, 15) is 5.11 Å². The van der Waals surface area contributed by atoms with Crippen molar-refractivity contribution in [1.29, 1.82) is 0 Å². The molecular formula is C16H26O3. The van der Waals surface area contributed by atoms with Gasteiger partial charge in [-0.25, -0.2) is 0 Å². The first kappa shape index (κ1) is 15.8. The zero-order chi connectivity index (χ0) is 14.5. The first-order chi connectivity index (χ1) is 8.99. The van der Waals surface area contributed by atoms with Crippen molar-refractivity contribution in [2.24, 2.45) is 5.92 Å². The van der Waals surface area contributed by atoms with Crippen molar-refractivity contribution in [3.63, 3.8) is 0 Å². The van der Waals surface area contributed by atoms with E-state index in [0.717, 1.165) is 11.3 Å². The van der Waals surface area contributed by atoms with E-state index in [2.05, 4.69) is 0 Å². The van der Waals surface area contributed by atoms with E-state index in [4.69, 9.17) is 9.47 Å². The minimum Gasteiger partial charge on any atom is -0.490 e. The predicted molar refractivity (Wildman–Crippen MR) is 77.8 cm³/mol. The van der Waals surface area contributed by atoms with Gasteiger partial charge in [0.05, 0.1) is 18.8 Å². The summed E-state index contributed by atoms with van der Waals surface area (Å²) in [7, 11) is 0. The normalized spacial score (nSPS) is 14.3. The van der Waals surface area contributed by atoms with Gasteiger partial charge in [0.1, 0.15) is 0 Å². The summed E-state index contributed by atoms with van der Waals surface area (Å²) in [5.74, 6) is 1.58. The lowest BCUT2D eigenvalue weighted by atomic mass is 9.81. The second-order valence-corrected chi connectivity index (χ2v) is 4.96. The van der Waals surface area contributed by atoms with E-state index in [-0.39, 0.29) is 5.92 Å². The molecule has 1 N–H and O–H groups in total. The zero-order valence-corrected chi connectivity index (χ0v) is 12.7. The molecule has 3 nitrogen and oxygen atoms in total. The molecule has 0 saturated carbocycles. The fraction of sp³-hybridized carbons (Fsp3) is 0.625. The van der Waals surface area contributed by atoms with Crippen molar-refractivity contribution < 1.29 is 14.6 Å². The van der Waals surface area contributed by atoms with Gasteiger partial charge in [0.2, 0.25) is 0 Å². The lowest BCUT2D eigenvalue weighted by Gasteiger charge is -2.32. The summed E-state index contributed by atoms with van der Waals surface area (Å²) in [6, 6.07) is 5.71. The Hall–Kier alpha value is -1.22. The Morgan fingerprint density at radius 2 is 1.63 bits per heavy atom. The van der Waals surface area contributed by atoms with E-state index >= 15 is 0 Å². The third-order valence-corrected chi connectivity index (χ3v) is 3.54. The second kappa shape index (κ2) is 6.80. The molecule has 0 fully saturated rings. The molecule has 0 aromatic heterocycles. The topological polar surface area (TPSA) is 38.7 Å². The van der Waals surface area contributed by atoms with E-state index < -0.39 is 5.60 Å². The van der Waals surface area contributed by atoms with E-state index in [1.807, 2.05) is 52.8 Å². The molecule has 0 heterocycles. The first-order valence-electron chi connectivity index (χ1n) is 7.12. The monoisotopic (exact) mass is 266 g/mol. The number of benzene rings is 1. The molecule has 1 aromatic rings. The van der Waals surface area contributed by atoms with E-state index in [0.29, 0.717) is 25.4 Å². The molecule has 108 valence electrons. The van der Waals surface area contributed by atoms with Gasteiger partial charge in [-0.05, 0) is 43.9 Å². The Bertz CT molecular complexity index is 401. The van der Waals surface area contributed by atoms with Gasteiger partial charge in [0, 0.05) is 0 Å². The summed E-state index contributed by atoms with van der Waals surface area (Å²) in [5.41, 5.74) is 0.0632. The number of ether oxygens (including phenoxy) is 2. The standard InChI is InChI=1S/C16H26O3/c1-6-16(17,12(4)5)13-9-10-14(18-7-2)15(11-13)19-8-3/h9-12,17H,6-8H2,1-5H3. The zero-order valence-electron chi connectivity index (χ0n) is 12.7. The molecule has 0 saturated heterocycles. The van der Waals surface area contributed by atoms with Crippen molar-refractivity contribution in [1.82, 2.24) is 0 Å². The third kappa shape index (κ3) is 3.41. The Morgan fingerprint density at radius 1 is 1.05 bits per heavy atom. The van der Waals surface area contributed by atoms with Gasteiger partial charge in [0.25, 0.3) is 0 Å². The van der Waals surface area contributed by atoms with Crippen LogP contribution in [0.3, 0.4) is 0 Å². The van der Waals surface area contributed by atoms with Crippen LogP contribution >= 0.6 is 0 Å². The molecular weight excluding hydrogens is 240 g/mol. The highest BCUT2D eigenvalue weighted by Gasteiger charge is 2.31. The van der Waals surface area contributed by atoms with Crippen LogP contribution < -0.4 is 9.47 Å². The molecule has 1 unspecified atom stereocenters. The average molecular weight is 266 g/mol. The Balaban J connectivity index is 3.19. The highest BCUT2D eigenvalue weighted by Crippen LogP contribution is 2.38. The van der Waals surface area contributed by atoms with Crippen LogP contribution in [-0.4, -0.2) is 18.3 Å². The molecule has 0 spiro atoms. The van der Waals surface area contributed by atoms with Gasteiger partial charge in [-0.3, -0.25) is 0 Å². The molecule has 1 aromatic carbocycles. The molecule has 0 amide bonds. The Morgan fingerprint density at radius 3 is 2.11 bits per heavy atom. The summed E-state index contributed by atoms with van der Waals surface area (Å²) >= 11 is 0. The molecule has 19 heavy (non-hydrogen) atoms. The minimum atomic E-state index is -0.823. The van der Waals surface area contributed by atoms with Crippen LogP contribution in [0.1, 0.15) is 46.6 Å². The van der Waals surface area contributed by atoms with Crippen LogP contribution in [0.5, 0.6) is 11.5 Å². The smallest absolute Gasteiger partial charge is 0.161 e. The van der Waals surface area contributed by atoms with Crippen LogP contribution in [0, 0.1) is 5.92 Å². The molecule has 1 atom stereocenters.